The fraction of sp³-hybridized carbons (Fsp3) is 0.479. The summed E-state index contributed by atoms with van der Waals surface area (Å²) in [6, 6.07) is 40.8. The first-order valence-electron chi connectivity index (χ1n) is 30.0. The quantitative estimate of drug-likeness (QED) is 0.163. The lowest BCUT2D eigenvalue weighted by Gasteiger charge is -2.52. The van der Waals surface area contributed by atoms with E-state index in [0.717, 1.165) is 6.42 Å². The lowest BCUT2D eigenvalue weighted by atomic mass is 9.33. The van der Waals surface area contributed by atoms with Gasteiger partial charge in [0.25, 0.3) is 6.71 Å². The predicted molar refractivity (Wildman–Crippen MR) is 331 cm³/mol. The molecule has 6 aromatic carbocycles. The van der Waals surface area contributed by atoms with Gasteiger partial charge in [0.15, 0.2) is 0 Å². The van der Waals surface area contributed by atoms with Crippen molar-refractivity contribution in [2.45, 2.75) is 225 Å². The first-order valence-corrected chi connectivity index (χ1v) is 30.0. The van der Waals surface area contributed by atoms with Gasteiger partial charge in [-0.25, -0.2) is 0 Å². The van der Waals surface area contributed by atoms with Crippen molar-refractivity contribution >= 4 is 62.4 Å². The van der Waals surface area contributed by atoms with Crippen LogP contribution in [0.1, 0.15) is 226 Å². The van der Waals surface area contributed by atoms with Gasteiger partial charge in [-0.2, -0.15) is 0 Å². The van der Waals surface area contributed by atoms with Crippen molar-refractivity contribution in [2.24, 2.45) is 0 Å². The van der Waals surface area contributed by atoms with Gasteiger partial charge in [-0.05, 0) is 187 Å². The molecular weight excluding hydrogens is 930 g/mol. The molecule has 0 amide bonds. The maximum atomic E-state index is 2.98. The number of hydrogen-bond donors (Lipinski definition) is 0. The Morgan fingerprint density at radius 1 is 0.481 bits per heavy atom. The average Bonchev–Trinajstić information content (AvgIpc) is 2.21. The van der Waals surface area contributed by atoms with Crippen LogP contribution in [0.5, 0.6) is 0 Å². The molecular formula is C73H86BN3. The van der Waals surface area contributed by atoms with Crippen LogP contribution in [0, 0.1) is 0 Å². The summed E-state index contributed by atoms with van der Waals surface area (Å²) in [6.07, 6.45) is 9.62. The maximum absolute atomic E-state index is 2.98. The number of aromatic nitrogens is 1. The Balaban J connectivity index is 1.16. The third-order valence-electron chi connectivity index (χ3n) is 22.5. The zero-order valence-electron chi connectivity index (χ0n) is 50.3. The van der Waals surface area contributed by atoms with Gasteiger partial charge in [-0.15, -0.1) is 0 Å². The van der Waals surface area contributed by atoms with Crippen LogP contribution in [0.15, 0.2) is 97.1 Å². The van der Waals surface area contributed by atoms with Gasteiger partial charge in [-0.3, -0.25) is 0 Å². The summed E-state index contributed by atoms with van der Waals surface area (Å²) in [6.45, 7) is 44.9. The van der Waals surface area contributed by atoms with Crippen molar-refractivity contribution in [2.75, 3.05) is 9.80 Å². The second kappa shape index (κ2) is 15.0. The topological polar surface area (TPSA) is 11.4 Å². The molecule has 4 heterocycles. The third kappa shape index (κ3) is 6.40. The molecule has 3 nitrogen and oxygen atoms in total. The van der Waals surface area contributed by atoms with Gasteiger partial charge in [0.2, 0.25) is 0 Å². The molecule has 1 fully saturated rings. The normalized spacial score (nSPS) is 23.9. The molecule has 14 rings (SSSR count). The van der Waals surface area contributed by atoms with E-state index in [0.29, 0.717) is 0 Å². The molecule has 0 saturated heterocycles. The van der Waals surface area contributed by atoms with Crippen molar-refractivity contribution in [3.05, 3.63) is 147 Å². The van der Waals surface area contributed by atoms with Crippen LogP contribution in [0.4, 0.5) is 28.4 Å². The molecule has 3 aliphatic heterocycles. The highest BCUT2D eigenvalue weighted by molar-refractivity contribution is 7.00. The third-order valence-corrected chi connectivity index (χ3v) is 22.5. The summed E-state index contributed by atoms with van der Waals surface area (Å²) in [5.74, 6) is 0. The van der Waals surface area contributed by atoms with Crippen LogP contribution in [0.25, 0.3) is 27.8 Å². The van der Waals surface area contributed by atoms with Gasteiger partial charge in [0, 0.05) is 55.7 Å². The molecule has 77 heavy (non-hydrogen) atoms. The highest BCUT2D eigenvalue weighted by atomic mass is 15.3. The Labute approximate surface area is 463 Å². The number of anilines is 5. The van der Waals surface area contributed by atoms with Crippen molar-refractivity contribution in [3.8, 4) is 16.9 Å². The zero-order valence-corrected chi connectivity index (χ0v) is 50.3. The van der Waals surface area contributed by atoms with Gasteiger partial charge in [0.1, 0.15) is 0 Å². The molecule has 7 aliphatic rings. The zero-order chi connectivity index (χ0) is 54.5. The largest absolute Gasteiger partial charge is 0.335 e. The second-order valence-electron chi connectivity index (χ2n) is 31.5. The fourth-order valence-electron chi connectivity index (χ4n) is 17.2. The van der Waals surface area contributed by atoms with Crippen LogP contribution < -0.4 is 26.2 Å². The van der Waals surface area contributed by atoms with Crippen LogP contribution >= 0.6 is 0 Å². The van der Waals surface area contributed by atoms with E-state index in [-0.39, 0.29) is 55.6 Å². The van der Waals surface area contributed by atoms with Gasteiger partial charge in [-0.1, -0.05) is 185 Å². The van der Waals surface area contributed by atoms with Crippen molar-refractivity contribution in [3.63, 3.8) is 0 Å². The van der Waals surface area contributed by atoms with Crippen LogP contribution in [0.2, 0.25) is 0 Å². The minimum atomic E-state index is -0.192. The Morgan fingerprint density at radius 3 is 1.61 bits per heavy atom. The van der Waals surface area contributed by atoms with Crippen LogP contribution in [-0.2, 0) is 43.3 Å². The molecule has 0 N–H and O–H groups in total. The minimum absolute atomic E-state index is 0.0163. The summed E-state index contributed by atoms with van der Waals surface area (Å²) in [4.78, 5) is 5.70. The number of nitrogens with zero attached hydrogens (tertiary/aromatic N) is 3. The molecule has 2 unspecified atom stereocenters. The van der Waals surface area contributed by atoms with E-state index in [2.05, 4.69) is 236 Å². The Bertz CT molecular complexity index is 3680. The second-order valence-corrected chi connectivity index (χ2v) is 31.5. The van der Waals surface area contributed by atoms with Crippen molar-refractivity contribution in [1.82, 2.24) is 4.57 Å². The highest BCUT2D eigenvalue weighted by Crippen LogP contribution is 2.64. The van der Waals surface area contributed by atoms with E-state index >= 15 is 0 Å². The lowest BCUT2D eigenvalue weighted by Crippen LogP contribution is -2.64. The monoisotopic (exact) mass is 1020 g/mol. The maximum Gasteiger partial charge on any atom is 0.252 e. The van der Waals surface area contributed by atoms with E-state index in [1.165, 1.54) is 162 Å². The molecule has 4 heteroatoms. The lowest BCUT2D eigenvalue weighted by molar-refractivity contribution is 0.195. The van der Waals surface area contributed by atoms with Gasteiger partial charge >= 0.3 is 0 Å². The molecule has 4 aliphatic carbocycles. The standard InChI is InChI=1S/C73H86BN3/c1-65(2,3)43-35-49-60-63(48-23-19-20-24-50(48)71(60,15)16)76-58-41-47(75(45-25-27-51-53(39-45)69(11,12)33-31-67(51,7)8)46-26-28-52-54(40-46)70(13,14)34-32-68(52,9)10)42-59-61(58)74(56(37-43)62(49)76)57-38-44(66(4,5)6)36-55-64(57)77(59)73(18)30-22-21-29-72(55,73)17/h19-20,23-28,35-42H,21-22,29-34H2,1-18H3. The Morgan fingerprint density at radius 2 is 1.01 bits per heavy atom. The van der Waals surface area contributed by atoms with E-state index in [1.54, 1.807) is 5.56 Å². The first-order chi connectivity index (χ1) is 35.9. The van der Waals surface area contributed by atoms with Crippen LogP contribution in [-0.4, -0.2) is 16.8 Å². The molecule has 1 saturated carbocycles. The van der Waals surface area contributed by atoms with E-state index in [9.17, 15) is 0 Å². The summed E-state index contributed by atoms with van der Waals surface area (Å²) >= 11 is 0. The molecule has 7 aromatic rings. The number of hydrogen-bond acceptors (Lipinski definition) is 2. The summed E-state index contributed by atoms with van der Waals surface area (Å²) in [5, 5.41) is 1.43. The summed E-state index contributed by atoms with van der Waals surface area (Å²) < 4.78 is 2.83. The van der Waals surface area contributed by atoms with Crippen LogP contribution in [0.3, 0.4) is 0 Å². The molecule has 2 atom stereocenters. The number of fused-ring (bicyclic) bond motifs is 14. The van der Waals surface area contributed by atoms with E-state index < -0.39 is 0 Å². The van der Waals surface area contributed by atoms with Gasteiger partial charge < -0.3 is 14.4 Å². The van der Waals surface area contributed by atoms with Crippen molar-refractivity contribution in [1.29, 1.82) is 0 Å². The fourth-order valence-corrected chi connectivity index (χ4v) is 17.2. The summed E-state index contributed by atoms with van der Waals surface area (Å²) in [7, 11) is 0. The smallest absolute Gasteiger partial charge is 0.252 e. The number of benzene rings is 6. The molecule has 1 aromatic heterocycles. The molecule has 0 spiro atoms. The molecule has 396 valence electrons. The van der Waals surface area contributed by atoms with Crippen molar-refractivity contribution < 1.29 is 0 Å². The van der Waals surface area contributed by atoms with E-state index in [4.69, 9.17) is 0 Å². The Kier molecular flexibility index (Phi) is 9.73. The summed E-state index contributed by atoms with van der Waals surface area (Å²) in [5.41, 5.74) is 30.0. The molecule has 0 radical (unpaired) electrons. The minimum Gasteiger partial charge on any atom is -0.335 e. The highest BCUT2D eigenvalue weighted by Gasteiger charge is 2.62. The number of rotatable bonds is 3. The van der Waals surface area contributed by atoms with E-state index in [1.807, 2.05) is 0 Å². The van der Waals surface area contributed by atoms with Gasteiger partial charge in [0.05, 0.1) is 16.9 Å². The SMILES string of the molecule is CC(C)(C)c1cc2c3c(c1)C1(C)CCCCC1(C)N3c1cc(N(c3ccc4c(c3)C(C)(C)CCC4(C)C)c3ccc4c(c3)C(C)(C)CCC4(C)C)cc3c1B2c1cc(C(C)(C)C)cc2c4c(n-3c12)-c1ccccc1C4(C)C. The average molecular weight is 1020 g/mol. The Hall–Kier alpha value is -5.48. The predicted octanol–water partition coefficient (Wildman–Crippen LogP) is 17.6. The molecule has 0 bridgehead atoms. The first kappa shape index (κ1) is 49.8.